The van der Waals surface area contributed by atoms with Gasteiger partial charge in [0.25, 0.3) is 0 Å². The van der Waals surface area contributed by atoms with E-state index < -0.39 is 0 Å². The molecular formula is C29H39. The van der Waals surface area contributed by atoms with E-state index in [1.165, 1.54) is 44.5 Å². The molecule has 0 spiro atoms. The molecule has 0 aromatic heterocycles. The average molecular weight is 388 g/mol. The molecule has 1 aliphatic rings. The summed E-state index contributed by atoms with van der Waals surface area (Å²) >= 11 is 0. The lowest BCUT2D eigenvalue weighted by atomic mass is 9.78. The molecule has 0 heteroatoms. The Morgan fingerprint density at radius 1 is 0.690 bits per heavy atom. The van der Waals surface area contributed by atoms with Crippen LogP contribution in [0, 0.1) is 11.8 Å². The van der Waals surface area contributed by atoms with Crippen LogP contribution in [0.15, 0.2) is 35.9 Å². The van der Waals surface area contributed by atoms with E-state index >= 15 is 0 Å². The molecule has 0 heterocycles. The first kappa shape index (κ1) is 21.9. The fourth-order valence-electron chi connectivity index (χ4n) is 4.14. The Morgan fingerprint density at radius 2 is 1.24 bits per heavy atom. The summed E-state index contributed by atoms with van der Waals surface area (Å²) in [5.41, 5.74) is 11.5. The fraction of sp³-hybridized carbons (Fsp3) is 0.483. The average Bonchev–Trinajstić information content (AvgIpc) is 3.04. The Bertz CT molecular complexity index is 911. The molecule has 0 N–H and O–H groups in total. The largest absolute Gasteiger partial charge is 0.0587 e. The van der Waals surface area contributed by atoms with Gasteiger partial charge in [0.15, 0.2) is 0 Å². The van der Waals surface area contributed by atoms with Gasteiger partial charge in [0.2, 0.25) is 0 Å². The van der Waals surface area contributed by atoms with Crippen molar-refractivity contribution in [1.82, 2.24) is 0 Å². The van der Waals surface area contributed by atoms with Gasteiger partial charge in [-0.3, -0.25) is 0 Å². The molecule has 0 aliphatic heterocycles. The minimum absolute atomic E-state index is 0.0918. The minimum atomic E-state index is 0.0918. The van der Waals surface area contributed by atoms with Gasteiger partial charge in [0.05, 0.1) is 0 Å². The Kier molecular flexibility index (Phi) is 5.63. The zero-order chi connectivity index (χ0) is 21.7. The predicted molar refractivity (Wildman–Crippen MR) is 130 cm³/mol. The number of hydrogen-bond acceptors (Lipinski definition) is 0. The molecule has 1 radical (unpaired) electrons. The molecule has 2 aromatic rings. The molecule has 2 aromatic carbocycles. The third-order valence-electron chi connectivity index (χ3n) is 6.16. The van der Waals surface area contributed by atoms with Crippen molar-refractivity contribution in [2.24, 2.45) is 5.41 Å². The molecule has 0 atom stereocenters. The van der Waals surface area contributed by atoms with Gasteiger partial charge in [-0.05, 0) is 61.6 Å². The van der Waals surface area contributed by atoms with Crippen molar-refractivity contribution in [3.05, 3.63) is 70.1 Å². The third-order valence-corrected chi connectivity index (χ3v) is 6.16. The third kappa shape index (κ3) is 4.37. The Morgan fingerprint density at radius 3 is 1.69 bits per heavy atom. The summed E-state index contributed by atoms with van der Waals surface area (Å²) in [4.78, 5) is 0. The SMILES string of the molecule is CC(C)c1cc(-c2c(C(C)(C)C)ccc3c2C=C(C(C)(C)C)[CH]3)cc(C(C)C)c1. The molecular weight excluding hydrogens is 348 g/mol. The van der Waals surface area contributed by atoms with E-state index in [1.807, 2.05) is 0 Å². The highest BCUT2D eigenvalue weighted by molar-refractivity contribution is 5.86. The number of allylic oxidation sites excluding steroid dienone is 1. The second-order valence-electron chi connectivity index (χ2n) is 11.4. The minimum Gasteiger partial charge on any atom is -0.0587 e. The van der Waals surface area contributed by atoms with Gasteiger partial charge in [-0.2, -0.15) is 0 Å². The number of rotatable bonds is 3. The van der Waals surface area contributed by atoms with Crippen LogP contribution in [-0.4, -0.2) is 0 Å². The van der Waals surface area contributed by atoms with Crippen LogP contribution >= 0.6 is 0 Å². The van der Waals surface area contributed by atoms with Gasteiger partial charge in [-0.15, -0.1) is 0 Å². The summed E-state index contributed by atoms with van der Waals surface area (Å²) in [6.07, 6.45) is 4.83. The Labute approximate surface area is 179 Å². The van der Waals surface area contributed by atoms with Crippen LogP contribution in [0.5, 0.6) is 0 Å². The topological polar surface area (TPSA) is 0 Å². The molecule has 1 aliphatic carbocycles. The lowest BCUT2D eigenvalue weighted by Gasteiger charge is -2.26. The van der Waals surface area contributed by atoms with Crippen molar-refractivity contribution in [2.45, 2.75) is 86.5 Å². The van der Waals surface area contributed by atoms with Crippen molar-refractivity contribution < 1.29 is 0 Å². The maximum Gasteiger partial charge on any atom is 0.0170 e. The van der Waals surface area contributed by atoms with Crippen LogP contribution in [0.4, 0.5) is 0 Å². The van der Waals surface area contributed by atoms with E-state index in [-0.39, 0.29) is 10.8 Å². The van der Waals surface area contributed by atoms with Crippen molar-refractivity contribution in [3.63, 3.8) is 0 Å². The second kappa shape index (κ2) is 7.46. The van der Waals surface area contributed by atoms with Crippen molar-refractivity contribution in [2.75, 3.05) is 0 Å². The molecule has 0 saturated carbocycles. The zero-order valence-corrected chi connectivity index (χ0v) is 20.2. The van der Waals surface area contributed by atoms with E-state index in [2.05, 4.69) is 112 Å². The van der Waals surface area contributed by atoms with Gasteiger partial charge >= 0.3 is 0 Å². The summed E-state index contributed by atoms with van der Waals surface area (Å²) in [6, 6.07) is 12.0. The maximum atomic E-state index is 2.44. The molecule has 0 unspecified atom stereocenters. The molecule has 3 rings (SSSR count). The van der Waals surface area contributed by atoms with Gasteiger partial charge in [-0.1, -0.05) is 111 Å². The lowest BCUT2D eigenvalue weighted by molar-refractivity contribution is 0.516. The normalized spacial score (nSPS) is 14.6. The first-order valence-corrected chi connectivity index (χ1v) is 11.2. The Hall–Kier alpha value is -1.82. The van der Waals surface area contributed by atoms with Crippen LogP contribution in [-0.2, 0) is 5.41 Å². The highest BCUT2D eigenvalue weighted by Gasteiger charge is 2.29. The molecule has 155 valence electrons. The van der Waals surface area contributed by atoms with E-state index in [4.69, 9.17) is 0 Å². The smallest absolute Gasteiger partial charge is 0.0170 e. The van der Waals surface area contributed by atoms with Crippen LogP contribution < -0.4 is 0 Å². The van der Waals surface area contributed by atoms with Crippen molar-refractivity contribution in [1.29, 1.82) is 0 Å². The molecule has 0 nitrogen and oxygen atoms in total. The molecule has 29 heavy (non-hydrogen) atoms. The van der Waals surface area contributed by atoms with E-state index in [9.17, 15) is 0 Å². The molecule has 0 saturated heterocycles. The maximum absolute atomic E-state index is 2.44. The molecule has 0 fully saturated rings. The zero-order valence-electron chi connectivity index (χ0n) is 20.2. The van der Waals surface area contributed by atoms with E-state index in [1.54, 1.807) is 0 Å². The first-order chi connectivity index (χ1) is 13.3. The summed E-state index contributed by atoms with van der Waals surface area (Å²) in [5.74, 6) is 1.05. The predicted octanol–water partition coefficient (Wildman–Crippen LogP) is 8.89. The quantitative estimate of drug-likeness (QED) is 0.493. The van der Waals surface area contributed by atoms with Gasteiger partial charge < -0.3 is 0 Å². The van der Waals surface area contributed by atoms with Gasteiger partial charge in [0.1, 0.15) is 0 Å². The van der Waals surface area contributed by atoms with Crippen LogP contribution in [0.1, 0.15) is 109 Å². The highest BCUT2D eigenvalue weighted by atomic mass is 14.3. The van der Waals surface area contributed by atoms with Crippen molar-refractivity contribution >= 4 is 6.08 Å². The first-order valence-electron chi connectivity index (χ1n) is 11.2. The lowest BCUT2D eigenvalue weighted by Crippen LogP contribution is -2.14. The fourth-order valence-corrected chi connectivity index (χ4v) is 4.14. The van der Waals surface area contributed by atoms with Crippen LogP contribution in [0.2, 0.25) is 0 Å². The molecule has 0 bridgehead atoms. The van der Waals surface area contributed by atoms with E-state index in [0.717, 1.165) is 0 Å². The highest BCUT2D eigenvalue weighted by Crippen LogP contribution is 2.46. The van der Waals surface area contributed by atoms with Crippen LogP contribution in [0.25, 0.3) is 17.2 Å². The van der Waals surface area contributed by atoms with E-state index in [0.29, 0.717) is 11.8 Å². The standard InChI is InChI=1S/C29H39/c1-18(2)21-13-22(19(3)4)15-23(14-21)27-25-17-24(28(5,6)7)16-20(25)11-12-26(27)29(8,9)10/h11-19H,1-10H3. The number of hydrogen-bond donors (Lipinski definition) is 0. The Balaban J connectivity index is 2.35. The summed E-state index contributed by atoms with van der Waals surface area (Å²) < 4.78 is 0. The summed E-state index contributed by atoms with van der Waals surface area (Å²) in [7, 11) is 0. The summed E-state index contributed by atoms with van der Waals surface area (Å²) in [6.45, 7) is 23.1. The van der Waals surface area contributed by atoms with Crippen LogP contribution in [0.3, 0.4) is 0 Å². The number of benzene rings is 2. The molecule has 0 amide bonds. The van der Waals surface area contributed by atoms with Gasteiger partial charge in [-0.25, -0.2) is 0 Å². The number of fused-ring (bicyclic) bond motifs is 1. The monoisotopic (exact) mass is 387 g/mol. The van der Waals surface area contributed by atoms with Crippen molar-refractivity contribution in [3.8, 4) is 11.1 Å². The second-order valence-corrected chi connectivity index (χ2v) is 11.4. The summed E-state index contributed by atoms with van der Waals surface area (Å²) in [5, 5.41) is 0. The van der Waals surface area contributed by atoms with Gasteiger partial charge in [0, 0.05) is 6.42 Å².